The summed E-state index contributed by atoms with van der Waals surface area (Å²) in [5.74, 6) is 0. The molecule has 2 atom stereocenters. The number of ether oxygens (including phenoxy) is 1. The molecule has 2 aliphatic rings. The summed E-state index contributed by atoms with van der Waals surface area (Å²) in [6.07, 6.45) is 4.25. The van der Waals surface area contributed by atoms with Crippen LogP contribution in [0, 0.1) is 0 Å². The molecule has 76 valence electrons. The molecule has 2 N–H and O–H groups in total. The van der Waals surface area contributed by atoms with Crippen molar-refractivity contribution in [1.29, 1.82) is 0 Å². The van der Waals surface area contributed by atoms with Gasteiger partial charge in [0.15, 0.2) is 0 Å². The fourth-order valence-electron chi connectivity index (χ4n) is 1.76. The van der Waals surface area contributed by atoms with E-state index in [0.29, 0.717) is 6.61 Å². The summed E-state index contributed by atoms with van der Waals surface area (Å²) in [5, 5.41) is 13.0. The van der Waals surface area contributed by atoms with Crippen molar-refractivity contribution in [3.8, 4) is 0 Å². The Morgan fingerprint density at radius 1 is 1.62 bits per heavy atom. The number of rotatable bonds is 4. The fraction of sp³-hybridized carbons (Fsp3) is 1.00. The van der Waals surface area contributed by atoms with Gasteiger partial charge in [0.1, 0.15) is 0 Å². The molecule has 13 heavy (non-hydrogen) atoms. The molecule has 0 aromatic carbocycles. The van der Waals surface area contributed by atoms with Crippen LogP contribution in [0.1, 0.15) is 32.6 Å². The molecule has 2 unspecified atom stereocenters. The number of aliphatic hydroxyl groups is 1. The Kier molecular flexibility index (Phi) is 2.58. The first kappa shape index (κ1) is 9.44. The molecular formula is C10H19NO2. The standard InChI is InChI=1S/C10H19NO2/c1-10(4-5-10)13-7-9(12)8-3-2-6-11-8/h8-9,11-12H,2-7H2,1H3. The minimum Gasteiger partial charge on any atom is -0.389 e. The summed E-state index contributed by atoms with van der Waals surface area (Å²) >= 11 is 0. The van der Waals surface area contributed by atoms with Gasteiger partial charge in [0.05, 0.1) is 18.3 Å². The van der Waals surface area contributed by atoms with Crippen LogP contribution in [0.15, 0.2) is 0 Å². The van der Waals surface area contributed by atoms with Gasteiger partial charge in [0, 0.05) is 6.04 Å². The predicted octanol–water partition coefficient (Wildman–Crippen LogP) is 0.668. The molecule has 2 fully saturated rings. The molecular weight excluding hydrogens is 166 g/mol. The predicted molar refractivity (Wildman–Crippen MR) is 50.6 cm³/mol. The van der Waals surface area contributed by atoms with Gasteiger partial charge < -0.3 is 15.2 Å². The number of nitrogens with one attached hydrogen (secondary N) is 1. The van der Waals surface area contributed by atoms with Crippen molar-refractivity contribution in [2.45, 2.75) is 50.4 Å². The van der Waals surface area contributed by atoms with Crippen LogP contribution in [0.4, 0.5) is 0 Å². The molecule has 2 rings (SSSR count). The minimum absolute atomic E-state index is 0.0968. The maximum atomic E-state index is 9.75. The molecule has 3 heteroatoms. The van der Waals surface area contributed by atoms with Gasteiger partial charge in [0.25, 0.3) is 0 Å². The Labute approximate surface area is 79.5 Å². The first-order valence-corrected chi connectivity index (χ1v) is 5.25. The first-order chi connectivity index (χ1) is 6.20. The largest absolute Gasteiger partial charge is 0.389 e. The molecule has 3 nitrogen and oxygen atoms in total. The topological polar surface area (TPSA) is 41.5 Å². The van der Waals surface area contributed by atoms with E-state index in [9.17, 15) is 5.11 Å². The highest BCUT2D eigenvalue weighted by Crippen LogP contribution is 2.38. The van der Waals surface area contributed by atoms with Crippen molar-refractivity contribution < 1.29 is 9.84 Å². The second-order valence-electron chi connectivity index (χ2n) is 4.53. The maximum absolute atomic E-state index is 9.75. The van der Waals surface area contributed by atoms with Crippen molar-refractivity contribution in [3.05, 3.63) is 0 Å². The molecule has 0 spiro atoms. The third kappa shape index (κ3) is 2.42. The molecule has 0 radical (unpaired) electrons. The van der Waals surface area contributed by atoms with E-state index < -0.39 is 0 Å². The monoisotopic (exact) mass is 185 g/mol. The Morgan fingerprint density at radius 2 is 2.38 bits per heavy atom. The summed E-state index contributed by atoms with van der Waals surface area (Å²) in [5.41, 5.74) is 0.0968. The lowest BCUT2D eigenvalue weighted by Gasteiger charge is -2.20. The van der Waals surface area contributed by atoms with E-state index in [1.165, 1.54) is 6.42 Å². The van der Waals surface area contributed by atoms with Gasteiger partial charge in [-0.1, -0.05) is 0 Å². The molecule has 1 aliphatic carbocycles. The van der Waals surface area contributed by atoms with Crippen LogP contribution in [0.2, 0.25) is 0 Å². The second-order valence-corrected chi connectivity index (χ2v) is 4.53. The third-order valence-corrected chi connectivity index (χ3v) is 3.12. The molecule has 0 amide bonds. The lowest BCUT2D eigenvalue weighted by atomic mass is 10.1. The van der Waals surface area contributed by atoms with Gasteiger partial charge in [-0.05, 0) is 39.2 Å². The average Bonchev–Trinajstić information content (AvgIpc) is 2.69. The molecule has 1 saturated carbocycles. The summed E-state index contributed by atoms with van der Waals surface area (Å²) in [6, 6.07) is 0.266. The summed E-state index contributed by atoms with van der Waals surface area (Å²) in [4.78, 5) is 0. The van der Waals surface area contributed by atoms with Crippen molar-refractivity contribution in [1.82, 2.24) is 5.32 Å². The lowest BCUT2D eigenvalue weighted by molar-refractivity contribution is -0.0257. The van der Waals surface area contributed by atoms with Gasteiger partial charge in [0.2, 0.25) is 0 Å². The van der Waals surface area contributed by atoms with Crippen LogP contribution in [-0.4, -0.2) is 36.0 Å². The van der Waals surface area contributed by atoms with Crippen molar-refractivity contribution in [2.75, 3.05) is 13.2 Å². The van der Waals surface area contributed by atoms with Crippen LogP contribution in [-0.2, 0) is 4.74 Å². The van der Waals surface area contributed by atoms with E-state index in [2.05, 4.69) is 12.2 Å². The normalized spacial score (nSPS) is 33.2. The van der Waals surface area contributed by atoms with Crippen LogP contribution in [0.25, 0.3) is 0 Å². The average molecular weight is 185 g/mol. The van der Waals surface area contributed by atoms with E-state index in [1.54, 1.807) is 0 Å². The zero-order valence-electron chi connectivity index (χ0n) is 8.25. The molecule has 1 aliphatic heterocycles. The second kappa shape index (κ2) is 3.56. The maximum Gasteiger partial charge on any atom is 0.0926 e. The Hall–Kier alpha value is -0.120. The third-order valence-electron chi connectivity index (χ3n) is 3.12. The van der Waals surface area contributed by atoms with Crippen molar-refractivity contribution >= 4 is 0 Å². The van der Waals surface area contributed by atoms with Crippen LogP contribution >= 0.6 is 0 Å². The number of aliphatic hydroxyl groups excluding tert-OH is 1. The van der Waals surface area contributed by atoms with E-state index in [1.807, 2.05) is 0 Å². The zero-order valence-corrected chi connectivity index (χ0v) is 8.25. The fourth-order valence-corrected chi connectivity index (χ4v) is 1.76. The SMILES string of the molecule is CC1(OCC(O)C2CCCN2)CC1. The Morgan fingerprint density at radius 3 is 2.92 bits per heavy atom. The quantitative estimate of drug-likeness (QED) is 0.676. The molecule has 0 aromatic rings. The molecule has 0 bridgehead atoms. The van der Waals surface area contributed by atoms with Gasteiger partial charge in [-0.2, -0.15) is 0 Å². The highest BCUT2D eigenvalue weighted by atomic mass is 16.5. The van der Waals surface area contributed by atoms with Crippen LogP contribution in [0.3, 0.4) is 0 Å². The van der Waals surface area contributed by atoms with E-state index in [0.717, 1.165) is 25.8 Å². The van der Waals surface area contributed by atoms with Crippen molar-refractivity contribution in [3.63, 3.8) is 0 Å². The summed E-state index contributed by atoms with van der Waals surface area (Å²) in [6.45, 7) is 3.65. The van der Waals surface area contributed by atoms with E-state index in [-0.39, 0.29) is 17.7 Å². The first-order valence-electron chi connectivity index (χ1n) is 5.25. The number of hydrogen-bond donors (Lipinski definition) is 2. The Balaban J connectivity index is 1.68. The van der Waals surface area contributed by atoms with Gasteiger partial charge in [-0.15, -0.1) is 0 Å². The smallest absolute Gasteiger partial charge is 0.0926 e. The van der Waals surface area contributed by atoms with E-state index >= 15 is 0 Å². The van der Waals surface area contributed by atoms with E-state index in [4.69, 9.17) is 4.74 Å². The van der Waals surface area contributed by atoms with Crippen LogP contribution in [0.5, 0.6) is 0 Å². The Bertz CT molecular complexity index is 174. The number of hydrogen-bond acceptors (Lipinski definition) is 3. The van der Waals surface area contributed by atoms with Gasteiger partial charge >= 0.3 is 0 Å². The highest BCUT2D eigenvalue weighted by molar-refractivity contribution is 4.91. The molecule has 1 heterocycles. The minimum atomic E-state index is -0.320. The summed E-state index contributed by atoms with van der Waals surface area (Å²) < 4.78 is 5.62. The van der Waals surface area contributed by atoms with Gasteiger partial charge in [-0.25, -0.2) is 0 Å². The van der Waals surface area contributed by atoms with Crippen LogP contribution < -0.4 is 5.32 Å². The highest BCUT2D eigenvalue weighted by Gasteiger charge is 2.39. The lowest BCUT2D eigenvalue weighted by Crippen LogP contribution is -2.38. The summed E-state index contributed by atoms with van der Waals surface area (Å²) in [7, 11) is 0. The molecule has 1 saturated heterocycles. The van der Waals surface area contributed by atoms with Gasteiger partial charge in [-0.3, -0.25) is 0 Å². The molecule has 0 aromatic heterocycles. The zero-order chi connectivity index (χ0) is 9.31. The van der Waals surface area contributed by atoms with Crippen molar-refractivity contribution in [2.24, 2.45) is 0 Å².